The van der Waals surface area contributed by atoms with E-state index in [9.17, 15) is 4.79 Å². The molecule has 1 rings (SSSR count). The predicted octanol–water partition coefficient (Wildman–Crippen LogP) is 1.62. The number of hydrogen-bond donors (Lipinski definition) is 1. The highest BCUT2D eigenvalue weighted by atomic mass is 16.2. The Morgan fingerprint density at radius 3 is 2.67 bits per heavy atom. The molecule has 0 saturated carbocycles. The predicted molar refractivity (Wildman–Crippen MR) is 62.4 cm³/mol. The summed E-state index contributed by atoms with van der Waals surface area (Å²) in [6.45, 7) is 8.07. The van der Waals surface area contributed by atoms with Crippen molar-refractivity contribution in [3.8, 4) is 0 Å². The molecule has 0 spiro atoms. The zero-order valence-electron chi connectivity index (χ0n) is 10.2. The van der Waals surface area contributed by atoms with E-state index in [1.165, 1.54) is 12.8 Å². The largest absolute Gasteiger partial charge is 0.341 e. The Bertz CT molecular complexity index is 214. The molecule has 1 amide bonds. The van der Waals surface area contributed by atoms with Crippen molar-refractivity contribution in [3.63, 3.8) is 0 Å². The first-order valence-corrected chi connectivity index (χ1v) is 6.05. The summed E-state index contributed by atoms with van der Waals surface area (Å²) in [7, 11) is 0. The highest BCUT2D eigenvalue weighted by Gasteiger charge is 2.25. The van der Waals surface area contributed by atoms with Crippen LogP contribution in [0.2, 0.25) is 0 Å². The lowest BCUT2D eigenvalue weighted by Gasteiger charge is -2.34. The van der Waals surface area contributed by atoms with Gasteiger partial charge >= 0.3 is 0 Å². The molecule has 0 aromatic rings. The molecular formula is C12H24N2O. The van der Waals surface area contributed by atoms with Gasteiger partial charge in [-0.05, 0) is 38.0 Å². The van der Waals surface area contributed by atoms with Crippen LogP contribution in [0.15, 0.2) is 0 Å². The van der Waals surface area contributed by atoms with E-state index in [-0.39, 0.29) is 11.9 Å². The molecule has 1 saturated heterocycles. The minimum Gasteiger partial charge on any atom is -0.341 e. The van der Waals surface area contributed by atoms with Crippen molar-refractivity contribution in [1.82, 2.24) is 4.90 Å². The standard InChI is InChI=1S/C12H24N2O/c1-9(2)7-11-5-4-6-14(8-11)12(15)10(3)13/h9-11H,4-8,13H2,1-3H3/t10-,11?/m0/s1. The fraction of sp³-hybridized carbons (Fsp3) is 0.917. The third-order valence-corrected chi connectivity index (χ3v) is 3.02. The molecule has 0 aromatic heterocycles. The third kappa shape index (κ3) is 3.82. The van der Waals surface area contributed by atoms with Crippen LogP contribution in [0.1, 0.15) is 40.0 Å². The minimum atomic E-state index is -0.345. The number of carbonyl (C=O) groups excluding carboxylic acids is 1. The van der Waals surface area contributed by atoms with Crippen LogP contribution in [-0.2, 0) is 4.79 Å². The lowest BCUT2D eigenvalue weighted by molar-refractivity contribution is -0.134. The number of hydrogen-bond acceptors (Lipinski definition) is 2. The van der Waals surface area contributed by atoms with Crippen molar-refractivity contribution in [3.05, 3.63) is 0 Å². The Hall–Kier alpha value is -0.570. The molecule has 0 bridgehead atoms. The van der Waals surface area contributed by atoms with Crippen LogP contribution >= 0.6 is 0 Å². The summed E-state index contributed by atoms with van der Waals surface area (Å²) in [6.07, 6.45) is 3.62. The van der Waals surface area contributed by atoms with Gasteiger partial charge in [-0.1, -0.05) is 13.8 Å². The van der Waals surface area contributed by atoms with Gasteiger partial charge in [0.25, 0.3) is 0 Å². The van der Waals surface area contributed by atoms with Crippen molar-refractivity contribution in [2.45, 2.75) is 46.1 Å². The summed E-state index contributed by atoms with van der Waals surface area (Å²) in [4.78, 5) is 13.7. The number of amides is 1. The molecule has 3 heteroatoms. The highest BCUT2D eigenvalue weighted by molar-refractivity contribution is 5.81. The monoisotopic (exact) mass is 212 g/mol. The molecule has 0 aliphatic carbocycles. The molecule has 15 heavy (non-hydrogen) atoms. The van der Waals surface area contributed by atoms with Gasteiger partial charge in [0.2, 0.25) is 5.91 Å². The van der Waals surface area contributed by atoms with Crippen LogP contribution < -0.4 is 5.73 Å². The van der Waals surface area contributed by atoms with E-state index in [0.717, 1.165) is 25.4 Å². The molecule has 88 valence electrons. The van der Waals surface area contributed by atoms with Gasteiger partial charge in [0.15, 0.2) is 0 Å². The average Bonchev–Trinajstić information content (AvgIpc) is 2.16. The molecule has 0 aromatic carbocycles. The molecule has 2 atom stereocenters. The van der Waals surface area contributed by atoms with Crippen molar-refractivity contribution in [1.29, 1.82) is 0 Å². The second-order valence-electron chi connectivity index (χ2n) is 5.21. The topological polar surface area (TPSA) is 46.3 Å². The van der Waals surface area contributed by atoms with Crippen LogP contribution in [0.3, 0.4) is 0 Å². The van der Waals surface area contributed by atoms with E-state index in [1.807, 2.05) is 4.90 Å². The van der Waals surface area contributed by atoms with E-state index in [0.29, 0.717) is 5.92 Å². The fourth-order valence-corrected chi connectivity index (χ4v) is 2.41. The number of carbonyl (C=O) groups is 1. The Morgan fingerprint density at radius 2 is 2.13 bits per heavy atom. The maximum absolute atomic E-state index is 11.7. The Kier molecular flexibility index (Phi) is 4.58. The summed E-state index contributed by atoms with van der Waals surface area (Å²) in [5.41, 5.74) is 5.62. The number of nitrogens with two attached hydrogens (primary N) is 1. The first-order valence-electron chi connectivity index (χ1n) is 6.05. The van der Waals surface area contributed by atoms with Crippen LogP contribution in [-0.4, -0.2) is 29.9 Å². The van der Waals surface area contributed by atoms with Crippen LogP contribution in [0.25, 0.3) is 0 Å². The number of rotatable bonds is 3. The van der Waals surface area contributed by atoms with E-state index >= 15 is 0 Å². The van der Waals surface area contributed by atoms with E-state index in [4.69, 9.17) is 5.73 Å². The van der Waals surface area contributed by atoms with Gasteiger partial charge in [-0.2, -0.15) is 0 Å². The smallest absolute Gasteiger partial charge is 0.239 e. The van der Waals surface area contributed by atoms with Gasteiger partial charge in [0.05, 0.1) is 6.04 Å². The molecule has 0 radical (unpaired) electrons. The molecule has 1 aliphatic rings. The van der Waals surface area contributed by atoms with Gasteiger partial charge in [0, 0.05) is 13.1 Å². The summed E-state index contributed by atoms with van der Waals surface area (Å²) in [6, 6.07) is -0.345. The van der Waals surface area contributed by atoms with Gasteiger partial charge in [-0.25, -0.2) is 0 Å². The summed E-state index contributed by atoms with van der Waals surface area (Å²) < 4.78 is 0. The number of likely N-dealkylation sites (tertiary alicyclic amines) is 1. The van der Waals surface area contributed by atoms with Gasteiger partial charge in [0.1, 0.15) is 0 Å². The normalized spacial score (nSPS) is 24.3. The molecule has 3 nitrogen and oxygen atoms in total. The van der Waals surface area contributed by atoms with Crippen LogP contribution in [0.5, 0.6) is 0 Å². The maximum Gasteiger partial charge on any atom is 0.239 e. The van der Waals surface area contributed by atoms with Crippen molar-refractivity contribution < 1.29 is 4.79 Å². The first-order chi connectivity index (χ1) is 7.00. The summed E-state index contributed by atoms with van der Waals surface area (Å²) in [5, 5.41) is 0. The van der Waals surface area contributed by atoms with Crippen LogP contribution in [0, 0.1) is 11.8 Å². The van der Waals surface area contributed by atoms with Gasteiger partial charge in [-0.15, -0.1) is 0 Å². The Labute approximate surface area is 93.0 Å². The molecule has 1 heterocycles. The zero-order chi connectivity index (χ0) is 11.4. The maximum atomic E-state index is 11.7. The molecule has 2 N–H and O–H groups in total. The van der Waals surface area contributed by atoms with E-state index in [2.05, 4.69) is 13.8 Å². The average molecular weight is 212 g/mol. The van der Waals surface area contributed by atoms with Crippen molar-refractivity contribution in [2.24, 2.45) is 17.6 Å². The SMILES string of the molecule is CC(C)CC1CCCN(C(=O)[C@H](C)N)C1. The zero-order valence-corrected chi connectivity index (χ0v) is 10.2. The van der Waals surface area contributed by atoms with Crippen molar-refractivity contribution >= 4 is 5.91 Å². The molecule has 1 unspecified atom stereocenters. The second-order valence-corrected chi connectivity index (χ2v) is 5.21. The van der Waals surface area contributed by atoms with Crippen LogP contribution in [0.4, 0.5) is 0 Å². The van der Waals surface area contributed by atoms with E-state index in [1.54, 1.807) is 6.92 Å². The third-order valence-electron chi connectivity index (χ3n) is 3.02. The highest BCUT2D eigenvalue weighted by Crippen LogP contribution is 2.23. The van der Waals surface area contributed by atoms with Gasteiger partial charge < -0.3 is 10.6 Å². The van der Waals surface area contributed by atoms with E-state index < -0.39 is 0 Å². The quantitative estimate of drug-likeness (QED) is 0.772. The molecule has 1 fully saturated rings. The van der Waals surface area contributed by atoms with Gasteiger partial charge in [-0.3, -0.25) is 4.79 Å². The van der Waals surface area contributed by atoms with Crippen molar-refractivity contribution in [2.75, 3.05) is 13.1 Å². The molecule has 1 aliphatic heterocycles. The first kappa shape index (κ1) is 12.5. The number of nitrogens with zero attached hydrogens (tertiary/aromatic N) is 1. The lowest BCUT2D eigenvalue weighted by atomic mass is 9.89. The summed E-state index contributed by atoms with van der Waals surface area (Å²) in [5.74, 6) is 1.52. The second kappa shape index (κ2) is 5.50. The lowest BCUT2D eigenvalue weighted by Crippen LogP contribution is -2.47. The Balaban J connectivity index is 2.45. The summed E-state index contributed by atoms with van der Waals surface area (Å²) >= 11 is 0. The minimum absolute atomic E-state index is 0.114. The fourth-order valence-electron chi connectivity index (χ4n) is 2.41. The number of piperidine rings is 1. The molecular weight excluding hydrogens is 188 g/mol. The Morgan fingerprint density at radius 1 is 1.47 bits per heavy atom.